The maximum Gasteiger partial charge on any atom is 0.0448 e. The Bertz CT molecular complexity index is 126. The summed E-state index contributed by atoms with van der Waals surface area (Å²) in [5, 5.41) is 3.07. The summed E-state index contributed by atoms with van der Waals surface area (Å²) in [4.78, 5) is 1.12. The minimum Gasteiger partial charge on any atom is -0.387 e. The Labute approximate surface area is 54.9 Å². The van der Waals surface area contributed by atoms with Crippen molar-refractivity contribution in [2.45, 2.75) is 6.42 Å². The van der Waals surface area contributed by atoms with Crippen LogP contribution in [0.3, 0.4) is 0 Å². The fraction of sp³-hybridized carbons (Fsp3) is 0.333. The summed E-state index contributed by atoms with van der Waals surface area (Å²) in [5.41, 5.74) is 0. The number of hydrogen-bond donors (Lipinski definition) is 2. The molecule has 0 aromatic rings. The smallest absolute Gasteiger partial charge is 0.0448 e. The van der Waals surface area contributed by atoms with Crippen LogP contribution in [0.1, 0.15) is 6.42 Å². The summed E-state index contributed by atoms with van der Waals surface area (Å²) in [6.07, 6.45) is 7.13. The number of rotatable bonds is 0. The predicted octanol–water partition coefficient (Wildman–Crippen LogP) is 1.31. The Kier molecular flexibility index (Phi) is 2.03. The van der Waals surface area contributed by atoms with Gasteiger partial charge in [-0.3, -0.25) is 0 Å². The lowest BCUT2D eigenvalue weighted by Gasteiger charge is -1.93. The normalized spacial score (nSPS) is 18.9. The van der Waals surface area contributed by atoms with Crippen LogP contribution in [0, 0.1) is 0 Å². The van der Waals surface area contributed by atoms with Crippen LogP contribution < -0.4 is 5.32 Å². The first-order valence-electron chi connectivity index (χ1n) is 2.66. The molecule has 2 heteroatoms. The summed E-state index contributed by atoms with van der Waals surface area (Å²) in [6.45, 7) is 0.875. The van der Waals surface area contributed by atoms with Crippen LogP contribution in [0.2, 0.25) is 0 Å². The molecule has 1 nitrogen and oxygen atoms in total. The molecule has 0 aliphatic carbocycles. The van der Waals surface area contributed by atoms with Gasteiger partial charge < -0.3 is 5.32 Å². The van der Waals surface area contributed by atoms with Gasteiger partial charge in [-0.1, -0.05) is 12.2 Å². The van der Waals surface area contributed by atoms with Gasteiger partial charge in [0, 0.05) is 6.54 Å². The lowest BCUT2D eigenvalue weighted by atomic mass is 10.4. The van der Waals surface area contributed by atoms with Crippen LogP contribution >= 0.6 is 12.6 Å². The van der Waals surface area contributed by atoms with Gasteiger partial charge >= 0.3 is 0 Å². The first kappa shape index (κ1) is 5.76. The Morgan fingerprint density at radius 3 is 3.38 bits per heavy atom. The molecule has 0 unspecified atom stereocenters. The molecular weight excluding hydrogens is 118 g/mol. The third-order valence-corrected chi connectivity index (χ3v) is 1.35. The molecule has 44 valence electrons. The minimum absolute atomic E-state index is 0.875. The molecule has 0 spiro atoms. The first-order valence-corrected chi connectivity index (χ1v) is 3.11. The minimum atomic E-state index is 0.875. The van der Waals surface area contributed by atoms with E-state index in [1.807, 2.05) is 6.20 Å². The maximum atomic E-state index is 4.19. The number of nitrogens with one attached hydrogen (secondary N) is 1. The molecule has 0 bridgehead atoms. The lowest BCUT2D eigenvalue weighted by Crippen LogP contribution is -2.04. The van der Waals surface area contributed by atoms with Gasteiger partial charge in [0.1, 0.15) is 0 Å². The van der Waals surface area contributed by atoms with Gasteiger partial charge in [-0.15, -0.1) is 12.6 Å². The number of thiol groups is 1. The average molecular weight is 127 g/mol. The molecule has 1 heterocycles. The zero-order valence-corrected chi connectivity index (χ0v) is 5.49. The Balaban J connectivity index is 2.48. The van der Waals surface area contributed by atoms with Gasteiger partial charge in [0.15, 0.2) is 0 Å². The second-order valence-electron chi connectivity index (χ2n) is 1.71. The molecule has 1 N–H and O–H groups in total. The molecule has 0 saturated heterocycles. The second-order valence-corrected chi connectivity index (χ2v) is 2.29. The predicted molar refractivity (Wildman–Crippen MR) is 38.8 cm³/mol. The van der Waals surface area contributed by atoms with Gasteiger partial charge in [0.05, 0.1) is 0 Å². The van der Waals surface area contributed by atoms with Crippen molar-refractivity contribution in [1.29, 1.82) is 0 Å². The molecule has 0 radical (unpaired) electrons. The first-order chi connectivity index (χ1) is 3.89. The molecule has 0 amide bonds. The molecule has 0 fully saturated rings. The van der Waals surface area contributed by atoms with Crippen molar-refractivity contribution in [2.24, 2.45) is 0 Å². The summed E-state index contributed by atoms with van der Waals surface area (Å²) < 4.78 is 0. The second kappa shape index (κ2) is 2.82. The fourth-order valence-corrected chi connectivity index (χ4v) is 0.788. The van der Waals surface area contributed by atoms with Crippen molar-refractivity contribution >= 4 is 12.6 Å². The molecule has 1 aliphatic heterocycles. The van der Waals surface area contributed by atoms with Gasteiger partial charge in [-0.25, -0.2) is 0 Å². The summed E-state index contributed by atoms with van der Waals surface area (Å²) in [5.74, 6) is 0. The highest BCUT2D eigenvalue weighted by Gasteiger charge is 1.88. The van der Waals surface area contributed by atoms with Crippen molar-refractivity contribution < 1.29 is 0 Å². The molecule has 0 aromatic carbocycles. The summed E-state index contributed by atoms with van der Waals surface area (Å²) in [6, 6.07) is 0. The van der Waals surface area contributed by atoms with Crippen LogP contribution in [-0.4, -0.2) is 6.54 Å². The SMILES string of the molecule is SC1=CCC=CNC1. The third-order valence-electron chi connectivity index (χ3n) is 1.01. The van der Waals surface area contributed by atoms with E-state index in [1.54, 1.807) is 0 Å². The standard InChI is InChI=1S/C6H9NS/c8-6-3-1-2-4-7-5-6/h2-4,7-8H,1,5H2. The average Bonchev–Trinajstić information content (AvgIpc) is 1.94. The van der Waals surface area contributed by atoms with Crippen LogP contribution in [0.15, 0.2) is 23.3 Å². The molecule has 8 heavy (non-hydrogen) atoms. The van der Waals surface area contributed by atoms with Crippen molar-refractivity contribution in [1.82, 2.24) is 5.32 Å². The van der Waals surface area contributed by atoms with E-state index in [-0.39, 0.29) is 0 Å². The molecule has 1 aliphatic rings. The van der Waals surface area contributed by atoms with Crippen LogP contribution in [0.5, 0.6) is 0 Å². The lowest BCUT2D eigenvalue weighted by molar-refractivity contribution is 0.983. The summed E-state index contributed by atoms with van der Waals surface area (Å²) in [7, 11) is 0. The van der Waals surface area contributed by atoms with E-state index in [2.05, 4.69) is 30.1 Å². The quantitative estimate of drug-likeness (QED) is 0.467. The molecule has 0 aromatic heterocycles. The zero-order valence-electron chi connectivity index (χ0n) is 4.59. The van der Waals surface area contributed by atoms with Gasteiger partial charge in [-0.05, 0) is 17.5 Å². The maximum absolute atomic E-state index is 4.19. The monoisotopic (exact) mass is 127 g/mol. The highest BCUT2D eigenvalue weighted by molar-refractivity contribution is 7.84. The van der Waals surface area contributed by atoms with Crippen LogP contribution in [-0.2, 0) is 0 Å². The van der Waals surface area contributed by atoms with Crippen molar-refractivity contribution in [3.8, 4) is 0 Å². The fourth-order valence-electron chi connectivity index (χ4n) is 0.591. The van der Waals surface area contributed by atoms with Crippen LogP contribution in [0.4, 0.5) is 0 Å². The molecular formula is C6H9NS. The third kappa shape index (κ3) is 1.62. The van der Waals surface area contributed by atoms with E-state index in [0.29, 0.717) is 0 Å². The Hall–Kier alpha value is -0.370. The molecule has 0 saturated carbocycles. The molecule has 1 rings (SSSR count). The van der Waals surface area contributed by atoms with Crippen LogP contribution in [0.25, 0.3) is 0 Å². The van der Waals surface area contributed by atoms with E-state index in [1.165, 1.54) is 0 Å². The van der Waals surface area contributed by atoms with Crippen molar-refractivity contribution in [2.75, 3.05) is 6.54 Å². The van der Waals surface area contributed by atoms with E-state index in [9.17, 15) is 0 Å². The van der Waals surface area contributed by atoms with Gasteiger partial charge in [0.25, 0.3) is 0 Å². The van der Waals surface area contributed by atoms with E-state index in [4.69, 9.17) is 0 Å². The molecule has 0 atom stereocenters. The van der Waals surface area contributed by atoms with Crippen molar-refractivity contribution in [3.63, 3.8) is 0 Å². The Morgan fingerprint density at radius 1 is 1.62 bits per heavy atom. The highest BCUT2D eigenvalue weighted by Crippen LogP contribution is 2.02. The summed E-state index contributed by atoms with van der Waals surface area (Å²) >= 11 is 4.19. The topological polar surface area (TPSA) is 12.0 Å². The van der Waals surface area contributed by atoms with E-state index in [0.717, 1.165) is 17.9 Å². The van der Waals surface area contributed by atoms with E-state index < -0.39 is 0 Å². The number of hydrogen-bond acceptors (Lipinski definition) is 2. The zero-order chi connectivity index (χ0) is 5.82. The van der Waals surface area contributed by atoms with Gasteiger partial charge in [-0.2, -0.15) is 0 Å². The van der Waals surface area contributed by atoms with Gasteiger partial charge in [0.2, 0.25) is 0 Å². The Morgan fingerprint density at radius 2 is 2.50 bits per heavy atom. The highest BCUT2D eigenvalue weighted by atomic mass is 32.1. The number of allylic oxidation sites excluding steroid dienone is 2. The van der Waals surface area contributed by atoms with Crippen molar-refractivity contribution in [3.05, 3.63) is 23.3 Å². The largest absolute Gasteiger partial charge is 0.387 e. The van der Waals surface area contributed by atoms with E-state index >= 15 is 0 Å².